The fourth-order valence-corrected chi connectivity index (χ4v) is 3.77. The molecule has 184 valence electrons. The van der Waals surface area contributed by atoms with Crippen molar-refractivity contribution >= 4 is 23.5 Å². The van der Waals surface area contributed by atoms with E-state index in [1.165, 1.54) is 40.1 Å². The van der Waals surface area contributed by atoms with E-state index in [1.807, 2.05) is 36.4 Å². The van der Waals surface area contributed by atoms with Gasteiger partial charge in [-0.2, -0.15) is 9.67 Å². The quantitative estimate of drug-likeness (QED) is 0.166. The molecule has 0 bridgehead atoms. The molecule has 0 spiro atoms. The van der Waals surface area contributed by atoms with Crippen LogP contribution in [0.25, 0.3) is 0 Å². The zero-order chi connectivity index (χ0) is 25.2. The fraction of sp³-hybridized carbons (Fsp3) is 0.222. The monoisotopic (exact) mass is 484 g/mol. The van der Waals surface area contributed by atoms with Gasteiger partial charge in [0.15, 0.2) is 0 Å². The number of nitro groups is 1. The minimum atomic E-state index is -0.499. The molecule has 0 atom stereocenters. The first-order chi connectivity index (χ1) is 17.6. The van der Waals surface area contributed by atoms with Crippen LogP contribution in [-0.2, 0) is 12.8 Å². The summed E-state index contributed by atoms with van der Waals surface area (Å²) in [6, 6.07) is 25.9. The number of benzene rings is 3. The molecule has 0 amide bonds. The van der Waals surface area contributed by atoms with Gasteiger partial charge in [-0.05, 0) is 48.9 Å². The SMILES string of the molecule is O=C(c1ccc([N+](=O)[O-])cc1)n1nc(NCCCc2ccccc2)nc1NCCCc1ccccc1. The summed E-state index contributed by atoms with van der Waals surface area (Å²) in [6.45, 7) is 1.26. The lowest BCUT2D eigenvalue weighted by atomic mass is 10.1. The van der Waals surface area contributed by atoms with Gasteiger partial charge in [-0.25, -0.2) is 0 Å². The van der Waals surface area contributed by atoms with Crippen molar-refractivity contribution < 1.29 is 9.72 Å². The highest BCUT2D eigenvalue weighted by Crippen LogP contribution is 2.16. The summed E-state index contributed by atoms with van der Waals surface area (Å²) in [4.78, 5) is 28.1. The summed E-state index contributed by atoms with van der Waals surface area (Å²) in [5.41, 5.74) is 2.70. The Bertz CT molecular complexity index is 1270. The van der Waals surface area contributed by atoms with Gasteiger partial charge in [0.2, 0.25) is 11.9 Å². The molecular weight excluding hydrogens is 456 g/mol. The van der Waals surface area contributed by atoms with Gasteiger partial charge in [-0.15, -0.1) is 5.10 Å². The van der Waals surface area contributed by atoms with Crippen LogP contribution in [0.15, 0.2) is 84.9 Å². The highest BCUT2D eigenvalue weighted by atomic mass is 16.6. The van der Waals surface area contributed by atoms with Crippen LogP contribution in [0.5, 0.6) is 0 Å². The van der Waals surface area contributed by atoms with E-state index in [1.54, 1.807) is 0 Å². The molecule has 0 saturated heterocycles. The van der Waals surface area contributed by atoms with E-state index in [2.05, 4.69) is 45.0 Å². The molecule has 1 aromatic heterocycles. The predicted molar refractivity (Wildman–Crippen MR) is 139 cm³/mol. The van der Waals surface area contributed by atoms with Gasteiger partial charge in [0.05, 0.1) is 4.92 Å². The lowest BCUT2D eigenvalue weighted by Crippen LogP contribution is -2.18. The van der Waals surface area contributed by atoms with Crippen LogP contribution < -0.4 is 10.6 Å². The molecule has 4 rings (SSSR count). The Morgan fingerprint density at radius 1 is 0.806 bits per heavy atom. The molecule has 0 unspecified atom stereocenters. The molecule has 0 radical (unpaired) electrons. The number of carbonyl (C=O) groups is 1. The Hall–Kier alpha value is -4.53. The molecule has 1 heterocycles. The second kappa shape index (κ2) is 12.3. The maximum absolute atomic E-state index is 13.2. The third-order valence-electron chi connectivity index (χ3n) is 5.66. The summed E-state index contributed by atoms with van der Waals surface area (Å²) in [6.07, 6.45) is 3.54. The van der Waals surface area contributed by atoms with E-state index in [-0.39, 0.29) is 11.3 Å². The van der Waals surface area contributed by atoms with Crippen molar-refractivity contribution in [2.75, 3.05) is 23.7 Å². The van der Waals surface area contributed by atoms with Crippen molar-refractivity contribution in [1.82, 2.24) is 14.8 Å². The van der Waals surface area contributed by atoms with Crippen molar-refractivity contribution in [3.05, 3.63) is 112 Å². The summed E-state index contributed by atoms with van der Waals surface area (Å²) in [5.74, 6) is 0.265. The molecule has 2 N–H and O–H groups in total. The normalized spacial score (nSPS) is 10.7. The molecule has 4 aromatic rings. The van der Waals surface area contributed by atoms with Gasteiger partial charge < -0.3 is 10.6 Å². The van der Waals surface area contributed by atoms with Crippen LogP contribution in [0.3, 0.4) is 0 Å². The summed E-state index contributed by atoms with van der Waals surface area (Å²) >= 11 is 0. The van der Waals surface area contributed by atoms with Crippen molar-refractivity contribution in [2.45, 2.75) is 25.7 Å². The number of carbonyl (C=O) groups excluding carboxylic acids is 1. The predicted octanol–water partition coefficient (Wildman–Crippen LogP) is 4.96. The van der Waals surface area contributed by atoms with Gasteiger partial charge >= 0.3 is 0 Å². The Labute approximate surface area is 209 Å². The summed E-state index contributed by atoms with van der Waals surface area (Å²) < 4.78 is 1.21. The van der Waals surface area contributed by atoms with E-state index in [0.29, 0.717) is 25.0 Å². The van der Waals surface area contributed by atoms with Gasteiger partial charge in [0.1, 0.15) is 0 Å². The van der Waals surface area contributed by atoms with Crippen LogP contribution in [0.1, 0.15) is 34.3 Å². The minimum Gasteiger partial charge on any atom is -0.354 e. The van der Waals surface area contributed by atoms with Crippen LogP contribution in [0.2, 0.25) is 0 Å². The summed E-state index contributed by atoms with van der Waals surface area (Å²) in [7, 11) is 0. The van der Waals surface area contributed by atoms with Crippen LogP contribution in [0.4, 0.5) is 17.6 Å². The molecule has 0 aliphatic rings. The first-order valence-electron chi connectivity index (χ1n) is 11.9. The fourth-order valence-electron chi connectivity index (χ4n) is 3.77. The highest BCUT2D eigenvalue weighted by Gasteiger charge is 2.19. The van der Waals surface area contributed by atoms with E-state index in [0.717, 1.165) is 25.7 Å². The lowest BCUT2D eigenvalue weighted by molar-refractivity contribution is -0.384. The van der Waals surface area contributed by atoms with Gasteiger partial charge in [-0.1, -0.05) is 60.7 Å². The number of non-ortho nitro benzene ring substituents is 1. The minimum absolute atomic E-state index is 0.0785. The molecule has 0 fully saturated rings. The van der Waals surface area contributed by atoms with E-state index >= 15 is 0 Å². The molecule has 0 aliphatic heterocycles. The number of nitrogens with one attached hydrogen (secondary N) is 2. The van der Waals surface area contributed by atoms with Crippen LogP contribution in [0, 0.1) is 10.1 Å². The smallest absolute Gasteiger partial charge is 0.281 e. The third-order valence-corrected chi connectivity index (χ3v) is 5.66. The van der Waals surface area contributed by atoms with Gasteiger partial charge in [0, 0.05) is 30.8 Å². The Morgan fingerprint density at radius 2 is 1.36 bits per heavy atom. The summed E-state index contributed by atoms with van der Waals surface area (Å²) in [5, 5.41) is 21.7. The number of aryl methyl sites for hydroxylation is 2. The number of hydrogen-bond acceptors (Lipinski definition) is 7. The maximum Gasteiger partial charge on any atom is 0.281 e. The lowest BCUT2D eigenvalue weighted by Gasteiger charge is -2.07. The zero-order valence-corrected chi connectivity index (χ0v) is 19.8. The highest BCUT2D eigenvalue weighted by molar-refractivity contribution is 5.97. The number of nitrogens with zero attached hydrogens (tertiary/aromatic N) is 4. The van der Waals surface area contributed by atoms with Crippen molar-refractivity contribution in [2.24, 2.45) is 0 Å². The Kier molecular flexibility index (Phi) is 8.37. The van der Waals surface area contributed by atoms with E-state index < -0.39 is 10.8 Å². The second-order valence-electron chi connectivity index (χ2n) is 8.31. The molecule has 0 aliphatic carbocycles. The first-order valence-corrected chi connectivity index (χ1v) is 11.9. The van der Waals surface area contributed by atoms with Gasteiger partial charge in [-0.3, -0.25) is 14.9 Å². The molecular formula is C27H28N6O3. The number of rotatable bonds is 12. The standard InChI is InChI=1S/C27H28N6O3/c34-25(23-15-17-24(18-16-23)33(35)36)32-27(29-20-8-14-22-11-5-2-6-12-22)30-26(31-32)28-19-7-13-21-9-3-1-4-10-21/h1-6,9-12,15-18H,7-8,13-14,19-20H2,(H2,28,29,30,31). The third kappa shape index (κ3) is 6.75. The topological polar surface area (TPSA) is 115 Å². The Morgan fingerprint density at radius 3 is 1.92 bits per heavy atom. The first kappa shape index (κ1) is 24.6. The van der Waals surface area contributed by atoms with E-state index in [4.69, 9.17) is 0 Å². The number of hydrogen-bond donors (Lipinski definition) is 2. The molecule has 3 aromatic carbocycles. The average Bonchev–Trinajstić information content (AvgIpc) is 3.33. The van der Waals surface area contributed by atoms with Crippen molar-refractivity contribution in [3.63, 3.8) is 0 Å². The van der Waals surface area contributed by atoms with Crippen molar-refractivity contribution in [1.29, 1.82) is 0 Å². The average molecular weight is 485 g/mol. The maximum atomic E-state index is 13.2. The van der Waals surface area contributed by atoms with E-state index in [9.17, 15) is 14.9 Å². The molecule has 36 heavy (non-hydrogen) atoms. The van der Waals surface area contributed by atoms with Crippen LogP contribution >= 0.6 is 0 Å². The second-order valence-corrected chi connectivity index (χ2v) is 8.31. The van der Waals surface area contributed by atoms with Crippen molar-refractivity contribution in [3.8, 4) is 0 Å². The number of anilines is 2. The zero-order valence-electron chi connectivity index (χ0n) is 19.8. The van der Waals surface area contributed by atoms with Crippen LogP contribution in [-0.4, -0.2) is 38.7 Å². The number of nitro benzene ring substituents is 1. The molecule has 9 nitrogen and oxygen atoms in total. The Balaban J connectivity index is 1.42. The largest absolute Gasteiger partial charge is 0.354 e. The molecule has 9 heteroatoms. The number of aromatic nitrogens is 3. The molecule has 0 saturated carbocycles. The van der Waals surface area contributed by atoms with Gasteiger partial charge in [0.25, 0.3) is 11.6 Å².